The number of carbonyl (C=O) groups is 2. The lowest BCUT2D eigenvalue weighted by atomic mass is 9.84. The van der Waals surface area contributed by atoms with E-state index in [0.29, 0.717) is 42.0 Å². The lowest BCUT2D eigenvalue weighted by Crippen LogP contribution is -2.46. The maximum absolute atomic E-state index is 13.5. The Balaban J connectivity index is 1.47. The number of aliphatic hydroxyl groups is 1. The van der Waals surface area contributed by atoms with Gasteiger partial charge < -0.3 is 24.8 Å². The first-order valence-electron chi connectivity index (χ1n) is 12.6. The summed E-state index contributed by atoms with van der Waals surface area (Å²) in [7, 11) is 1.58. The van der Waals surface area contributed by atoms with Crippen molar-refractivity contribution in [2.75, 3.05) is 19.0 Å². The zero-order valence-electron chi connectivity index (χ0n) is 21.3. The molecule has 194 valence electrons. The molecule has 2 aromatic rings. The highest BCUT2D eigenvalue weighted by molar-refractivity contribution is 5.99. The number of amides is 2. The Morgan fingerprint density at radius 1 is 1.22 bits per heavy atom. The Labute approximate surface area is 212 Å². The molecule has 2 amide bonds. The van der Waals surface area contributed by atoms with E-state index in [1.54, 1.807) is 54.9 Å². The highest BCUT2D eigenvalue weighted by Gasteiger charge is 2.36. The third kappa shape index (κ3) is 6.87. The van der Waals surface area contributed by atoms with Gasteiger partial charge in [-0.05, 0) is 38.3 Å². The van der Waals surface area contributed by atoms with E-state index in [4.69, 9.17) is 9.47 Å². The highest BCUT2D eigenvalue weighted by atomic mass is 16.5. The number of hydrogen-bond acceptors (Lipinski definition) is 6. The van der Waals surface area contributed by atoms with E-state index in [-0.39, 0.29) is 18.4 Å². The summed E-state index contributed by atoms with van der Waals surface area (Å²) in [5.74, 6) is 2.00. The fourth-order valence-corrected chi connectivity index (χ4v) is 4.89. The van der Waals surface area contributed by atoms with Crippen molar-refractivity contribution < 1.29 is 24.2 Å². The summed E-state index contributed by atoms with van der Waals surface area (Å²) in [5, 5.41) is 17.3. The topological polar surface area (TPSA) is 106 Å². The van der Waals surface area contributed by atoms with Gasteiger partial charge in [-0.15, -0.1) is 0 Å². The monoisotopic (exact) mass is 496 g/mol. The Kier molecular flexibility index (Phi) is 7.98. The van der Waals surface area contributed by atoms with Crippen LogP contribution in [-0.4, -0.2) is 56.9 Å². The van der Waals surface area contributed by atoms with Crippen LogP contribution >= 0.6 is 0 Å². The number of hydrogen-bond donors (Lipinski definition) is 2. The van der Waals surface area contributed by atoms with Crippen molar-refractivity contribution >= 4 is 17.6 Å². The summed E-state index contributed by atoms with van der Waals surface area (Å²) < 4.78 is 12.8. The molecule has 1 aromatic heterocycles. The number of methoxy groups -OCH3 is 1. The second-order valence-corrected chi connectivity index (χ2v) is 10.3. The molecule has 0 spiro atoms. The summed E-state index contributed by atoms with van der Waals surface area (Å²) in [4.78, 5) is 28.1. The number of ether oxygens (including phenoxy) is 2. The van der Waals surface area contributed by atoms with Crippen LogP contribution in [-0.2, 0) is 16.1 Å². The quantitative estimate of drug-likeness (QED) is 0.519. The minimum atomic E-state index is -0.927. The van der Waals surface area contributed by atoms with Gasteiger partial charge in [0.05, 0.1) is 25.8 Å². The van der Waals surface area contributed by atoms with Gasteiger partial charge in [0.15, 0.2) is 5.82 Å². The zero-order chi connectivity index (χ0) is 25.7. The molecule has 2 heterocycles. The van der Waals surface area contributed by atoms with Crippen molar-refractivity contribution in [1.29, 1.82) is 0 Å². The van der Waals surface area contributed by atoms with Crippen LogP contribution in [0, 0.1) is 5.92 Å². The summed E-state index contributed by atoms with van der Waals surface area (Å²) in [6.07, 6.45) is 9.41. The normalized spacial score (nSPS) is 17.6. The Morgan fingerprint density at radius 3 is 2.69 bits per heavy atom. The predicted molar refractivity (Wildman–Crippen MR) is 136 cm³/mol. The van der Waals surface area contributed by atoms with Gasteiger partial charge in [0, 0.05) is 24.4 Å². The number of nitrogens with one attached hydrogen (secondary N) is 1. The smallest absolute Gasteiger partial charge is 0.251 e. The first kappa shape index (κ1) is 25.8. The molecule has 0 bridgehead atoms. The molecule has 0 radical (unpaired) electrons. The van der Waals surface area contributed by atoms with Crippen molar-refractivity contribution in [1.82, 2.24) is 14.7 Å². The molecule has 1 aromatic carbocycles. The van der Waals surface area contributed by atoms with Crippen LogP contribution in [0.3, 0.4) is 0 Å². The van der Waals surface area contributed by atoms with Gasteiger partial charge in [-0.1, -0.05) is 38.2 Å². The molecule has 0 unspecified atom stereocenters. The zero-order valence-corrected chi connectivity index (χ0v) is 21.3. The molecule has 2 N–H and O–H groups in total. The molecule has 36 heavy (non-hydrogen) atoms. The van der Waals surface area contributed by atoms with Gasteiger partial charge in [-0.2, -0.15) is 5.10 Å². The van der Waals surface area contributed by atoms with Crippen molar-refractivity contribution in [3.8, 4) is 11.5 Å². The SMILES string of the molecule is COc1cccc(OC2=CC(=O)N([C@@H](CC3CCCCC3)C(=O)Nc3ccn(CC(C)(C)O)n3)C2)c1. The van der Waals surface area contributed by atoms with Gasteiger partial charge in [0.1, 0.15) is 23.3 Å². The average Bonchev–Trinajstić information content (AvgIpc) is 3.42. The molecule has 1 atom stereocenters. The van der Waals surface area contributed by atoms with E-state index >= 15 is 0 Å². The first-order chi connectivity index (χ1) is 17.2. The first-order valence-corrected chi connectivity index (χ1v) is 12.6. The Morgan fingerprint density at radius 2 is 1.97 bits per heavy atom. The average molecular weight is 497 g/mol. The van der Waals surface area contributed by atoms with E-state index in [9.17, 15) is 14.7 Å². The number of aromatic nitrogens is 2. The maximum atomic E-state index is 13.5. The van der Waals surface area contributed by atoms with E-state index in [1.165, 1.54) is 12.5 Å². The van der Waals surface area contributed by atoms with Gasteiger partial charge in [-0.25, -0.2) is 0 Å². The lowest BCUT2D eigenvalue weighted by Gasteiger charge is -2.31. The van der Waals surface area contributed by atoms with Crippen LogP contribution in [0.15, 0.2) is 48.4 Å². The molecule has 0 saturated heterocycles. The fraction of sp³-hybridized carbons (Fsp3) is 0.519. The van der Waals surface area contributed by atoms with Crippen molar-refractivity contribution in [3.05, 3.63) is 48.4 Å². The largest absolute Gasteiger partial charge is 0.497 e. The number of carbonyl (C=O) groups excluding carboxylic acids is 2. The second-order valence-electron chi connectivity index (χ2n) is 10.3. The summed E-state index contributed by atoms with van der Waals surface area (Å²) in [6.45, 7) is 3.91. The van der Waals surface area contributed by atoms with Gasteiger partial charge in [0.2, 0.25) is 5.91 Å². The molecule has 4 rings (SSSR count). The number of nitrogens with zero attached hydrogens (tertiary/aromatic N) is 3. The van der Waals surface area contributed by atoms with E-state index in [0.717, 1.165) is 25.7 Å². The molecule has 1 aliphatic carbocycles. The minimum Gasteiger partial charge on any atom is -0.497 e. The molecular formula is C27H36N4O5. The second kappa shape index (κ2) is 11.2. The van der Waals surface area contributed by atoms with Gasteiger partial charge in [0.25, 0.3) is 5.91 Å². The molecule has 1 aliphatic heterocycles. The van der Waals surface area contributed by atoms with Crippen molar-refractivity contribution in [2.45, 2.75) is 70.6 Å². The van der Waals surface area contributed by atoms with Crippen molar-refractivity contribution in [2.24, 2.45) is 5.92 Å². The molecule has 1 fully saturated rings. The third-order valence-corrected chi connectivity index (χ3v) is 6.58. The molecular weight excluding hydrogens is 460 g/mol. The minimum absolute atomic E-state index is 0.216. The summed E-state index contributed by atoms with van der Waals surface area (Å²) in [5.41, 5.74) is -0.927. The predicted octanol–water partition coefficient (Wildman–Crippen LogP) is 3.75. The van der Waals surface area contributed by atoms with Crippen LogP contribution in [0.25, 0.3) is 0 Å². The van der Waals surface area contributed by atoms with Crippen molar-refractivity contribution in [3.63, 3.8) is 0 Å². The standard InChI is InChI=1S/C27H36N4O5/c1-27(2,34)18-30-13-12-24(29-30)28-26(33)23(14-19-8-5-4-6-9-19)31-17-22(16-25(31)32)36-21-11-7-10-20(15-21)35-3/h7,10-13,15-16,19,23,34H,4-6,8-9,14,17-18H2,1-3H3,(H,28,29,33)/t23-/m0/s1. The lowest BCUT2D eigenvalue weighted by molar-refractivity contribution is -0.134. The van der Waals surface area contributed by atoms with E-state index < -0.39 is 11.6 Å². The van der Waals surface area contributed by atoms with Crippen LogP contribution in [0.5, 0.6) is 11.5 Å². The maximum Gasteiger partial charge on any atom is 0.251 e. The van der Waals surface area contributed by atoms with Crippen LogP contribution in [0.4, 0.5) is 5.82 Å². The van der Waals surface area contributed by atoms with Gasteiger partial charge in [-0.3, -0.25) is 14.3 Å². The highest BCUT2D eigenvalue weighted by Crippen LogP contribution is 2.31. The molecule has 9 nitrogen and oxygen atoms in total. The van der Waals surface area contributed by atoms with E-state index in [1.807, 2.05) is 12.1 Å². The Bertz CT molecular complexity index is 1100. The summed E-state index contributed by atoms with van der Waals surface area (Å²) in [6, 6.07) is 8.25. The number of benzene rings is 1. The van der Waals surface area contributed by atoms with Gasteiger partial charge >= 0.3 is 0 Å². The Hall–Kier alpha value is -3.33. The van der Waals surface area contributed by atoms with Crippen LogP contribution in [0.2, 0.25) is 0 Å². The van der Waals surface area contributed by atoms with Crippen LogP contribution in [0.1, 0.15) is 52.4 Å². The van der Waals surface area contributed by atoms with Crippen LogP contribution < -0.4 is 14.8 Å². The number of anilines is 1. The molecule has 2 aliphatic rings. The third-order valence-electron chi connectivity index (χ3n) is 6.58. The number of rotatable bonds is 10. The van der Waals surface area contributed by atoms with E-state index in [2.05, 4.69) is 10.4 Å². The molecule has 1 saturated carbocycles. The fourth-order valence-electron chi connectivity index (χ4n) is 4.89. The summed E-state index contributed by atoms with van der Waals surface area (Å²) >= 11 is 0. The molecule has 9 heteroatoms.